The van der Waals surface area contributed by atoms with Gasteiger partial charge in [-0.3, -0.25) is 9.69 Å². The van der Waals surface area contributed by atoms with Crippen molar-refractivity contribution in [3.05, 3.63) is 29.3 Å². The second kappa shape index (κ2) is 6.16. The maximum Gasteiger partial charge on any atom is 0.324 e. The molecule has 1 unspecified atom stereocenters. The van der Waals surface area contributed by atoms with Crippen LogP contribution in [0.5, 0.6) is 0 Å². The zero-order chi connectivity index (χ0) is 15.6. The van der Waals surface area contributed by atoms with Gasteiger partial charge in [0.05, 0.1) is 5.92 Å². The van der Waals surface area contributed by atoms with E-state index in [2.05, 4.69) is 0 Å². The number of hydrogen-bond donors (Lipinski definition) is 1. The first-order valence-electron chi connectivity index (χ1n) is 7.23. The van der Waals surface area contributed by atoms with Crippen LogP contribution in [0.3, 0.4) is 0 Å². The van der Waals surface area contributed by atoms with Crippen LogP contribution < -0.4 is 4.90 Å². The predicted octanol–water partition coefficient (Wildman–Crippen LogP) is 2.66. The lowest BCUT2D eigenvalue weighted by Gasteiger charge is -2.34. The zero-order valence-electron chi connectivity index (χ0n) is 12.8. The van der Waals surface area contributed by atoms with Crippen molar-refractivity contribution in [3.8, 4) is 0 Å². The molecule has 0 saturated carbocycles. The van der Waals surface area contributed by atoms with Crippen LogP contribution in [0.25, 0.3) is 0 Å². The van der Waals surface area contributed by atoms with E-state index >= 15 is 0 Å². The molecular formula is C16H22N2O3. The Kier molecular flexibility index (Phi) is 4.50. The van der Waals surface area contributed by atoms with Crippen LogP contribution in [0.2, 0.25) is 0 Å². The lowest BCUT2D eigenvalue weighted by Crippen LogP contribution is -2.47. The van der Waals surface area contributed by atoms with E-state index in [1.54, 1.807) is 16.8 Å². The number of piperidine rings is 1. The maximum atomic E-state index is 12.6. The molecule has 1 aliphatic rings. The second-order valence-corrected chi connectivity index (χ2v) is 5.75. The highest BCUT2D eigenvalue weighted by Crippen LogP contribution is 2.23. The fourth-order valence-corrected chi connectivity index (χ4v) is 2.85. The molecule has 1 N–H and O–H groups in total. The molecule has 1 heterocycles. The summed E-state index contributed by atoms with van der Waals surface area (Å²) in [5.74, 6) is -1.27. The van der Waals surface area contributed by atoms with E-state index in [0.717, 1.165) is 23.2 Å². The van der Waals surface area contributed by atoms with Crippen molar-refractivity contribution in [1.29, 1.82) is 0 Å². The normalized spacial score (nSPS) is 18.4. The Bertz CT molecular complexity index is 556. The number of anilines is 1. The molecule has 1 saturated heterocycles. The fourth-order valence-electron chi connectivity index (χ4n) is 2.85. The zero-order valence-corrected chi connectivity index (χ0v) is 12.8. The molecule has 0 spiro atoms. The molecule has 2 rings (SSSR count). The number of hydrogen-bond acceptors (Lipinski definition) is 2. The minimum absolute atomic E-state index is 0.132. The summed E-state index contributed by atoms with van der Waals surface area (Å²) in [6.45, 7) is 4.91. The minimum atomic E-state index is -0.818. The number of benzene rings is 1. The molecule has 5 heteroatoms. The fraction of sp³-hybridized carbons (Fsp3) is 0.500. The lowest BCUT2D eigenvalue weighted by molar-refractivity contribution is -0.143. The van der Waals surface area contributed by atoms with Crippen molar-refractivity contribution >= 4 is 17.7 Å². The molecule has 5 nitrogen and oxygen atoms in total. The third-order valence-electron chi connectivity index (χ3n) is 4.04. The third kappa shape index (κ3) is 3.35. The molecule has 1 fully saturated rings. The van der Waals surface area contributed by atoms with Gasteiger partial charge < -0.3 is 10.0 Å². The smallest absolute Gasteiger partial charge is 0.324 e. The number of carbonyl (C=O) groups excluding carboxylic acids is 1. The summed E-state index contributed by atoms with van der Waals surface area (Å²) >= 11 is 0. The topological polar surface area (TPSA) is 60.9 Å². The van der Waals surface area contributed by atoms with E-state index in [1.165, 1.54) is 0 Å². The van der Waals surface area contributed by atoms with Crippen LogP contribution in [-0.2, 0) is 4.79 Å². The molecule has 0 radical (unpaired) electrons. The number of nitrogens with zero attached hydrogens (tertiary/aromatic N) is 2. The van der Waals surface area contributed by atoms with Crippen molar-refractivity contribution in [3.63, 3.8) is 0 Å². The van der Waals surface area contributed by atoms with Gasteiger partial charge in [0.25, 0.3) is 0 Å². The van der Waals surface area contributed by atoms with E-state index in [1.807, 2.05) is 32.0 Å². The summed E-state index contributed by atoms with van der Waals surface area (Å²) in [6.07, 6.45) is 1.38. The quantitative estimate of drug-likeness (QED) is 0.911. The number of aryl methyl sites for hydroxylation is 2. The van der Waals surface area contributed by atoms with Crippen molar-refractivity contribution in [1.82, 2.24) is 4.90 Å². The molecule has 1 atom stereocenters. The van der Waals surface area contributed by atoms with Gasteiger partial charge in [0.1, 0.15) is 0 Å². The van der Waals surface area contributed by atoms with Gasteiger partial charge in [-0.2, -0.15) is 0 Å². The lowest BCUT2D eigenvalue weighted by atomic mass is 9.98. The van der Waals surface area contributed by atoms with Crippen LogP contribution in [0, 0.1) is 19.8 Å². The van der Waals surface area contributed by atoms with Crippen molar-refractivity contribution in [2.24, 2.45) is 5.92 Å². The van der Waals surface area contributed by atoms with Gasteiger partial charge in [-0.1, -0.05) is 17.7 Å². The Balaban J connectivity index is 2.13. The van der Waals surface area contributed by atoms with Gasteiger partial charge in [-0.05, 0) is 38.3 Å². The average Bonchev–Trinajstić information content (AvgIpc) is 2.46. The van der Waals surface area contributed by atoms with E-state index in [4.69, 9.17) is 5.11 Å². The molecule has 21 heavy (non-hydrogen) atoms. The maximum absolute atomic E-state index is 12.6. The second-order valence-electron chi connectivity index (χ2n) is 5.75. The van der Waals surface area contributed by atoms with Crippen LogP contribution in [0.1, 0.15) is 24.0 Å². The first-order chi connectivity index (χ1) is 9.90. The van der Waals surface area contributed by atoms with Crippen LogP contribution in [0.15, 0.2) is 18.2 Å². The summed E-state index contributed by atoms with van der Waals surface area (Å²) in [5.41, 5.74) is 3.06. The molecule has 1 aromatic carbocycles. The van der Waals surface area contributed by atoms with Crippen molar-refractivity contribution < 1.29 is 14.7 Å². The summed E-state index contributed by atoms with van der Waals surface area (Å²) in [7, 11) is 1.74. The van der Waals surface area contributed by atoms with Gasteiger partial charge in [-0.15, -0.1) is 0 Å². The van der Waals surface area contributed by atoms with Gasteiger partial charge in [0, 0.05) is 25.8 Å². The summed E-state index contributed by atoms with van der Waals surface area (Å²) in [6, 6.07) is 5.81. The van der Waals surface area contributed by atoms with Crippen LogP contribution >= 0.6 is 0 Å². The highest BCUT2D eigenvalue weighted by atomic mass is 16.4. The molecule has 0 aromatic heterocycles. The number of urea groups is 1. The number of aliphatic carboxylic acids is 1. The van der Waals surface area contributed by atoms with Gasteiger partial charge in [0.2, 0.25) is 0 Å². The molecular weight excluding hydrogens is 268 g/mol. The molecule has 0 bridgehead atoms. The third-order valence-corrected chi connectivity index (χ3v) is 4.04. The number of carboxylic acid groups (broad SMARTS) is 1. The van der Waals surface area contributed by atoms with Crippen molar-refractivity contribution in [2.75, 3.05) is 25.0 Å². The highest BCUT2D eigenvalue weighted by molar-refractivity contribution is 5.92. The Labute approximate surface area is 125 Å². The first-order valence-corrected chi connectivity index (χ1v) is 7.23. The highest BCUT2D eigenvalue weighted by Gasteiger charge is 2.30. The Morgan fingerprint density at radius 2 is 2.05 bits per heavy atom. The van der Waals surface area contributed by atoms with Crippen LogP contribution in [0.4, 0.5) is 10.5 Å². The summed E-state index contributed by atoms with van der Waals surface area (Å²) in [4.78, 5) is 26.9. The van der Waals surface area contributed by atoms with Gasteiger partial charge in [0.15, 0.2) is 0 Å². The van der Waals surface area contributed by atoms with E-state index in [-0.39, 0.29) is 6.03 Å². The molecule has 1 aliphatic heterocycles. The summed E-state index contributed by atoms with van der Waals surface area (Å²) in [5, 5.41) is 9.12. The molecule has 2 amide bonds. The number of rotatable bonds is 2. The van der Waals surface area contributed by atoms with E-state index < -0.39 is 11.9 Å². The molecule has 0 aliphatic carbocycles. The minimum Gasteiger partial charge on any atom is -0.481 e. The summed E-state index contributed by atoms with van der Waals surface area (Å²) < 4.78 is 0. The number of carbonyl (C=O) groups is 2. The Morgan fingerprint density at radius 3 is 2.67 bits per heavy atom. The Morgan fingerprint density at radius 1 is 1.33 bits per heavy atom. The molecule has 1 aromatic rings. The average molecular weight is 290 g/mol. The number of likely N-dealkylation sites (tertiary alicyclic amines) is 1. The Hall–Kier alpha value is -2.04. The van der Waals surface area contributed by atoms with E-state index in [0.29, 0.717) is 19.5 Å². The standard InChI is InChI=1S/C16H22N2O3/c1-11-6-7-14(12(2)9-11)17(3)16(21)18-8-4-5-13(10-18)15(19)20/h6-7,9,13H,4-5,8,10H2,1-3H3,(H,19,20). The number of carboxylic acids is 1. The van der Waals surface area contributed by atoms with Gasteiger partial charge >= 0.3 is 12.0 Å². The van der Waals surface area contributed by atoms with Gasteiger partial charge in [-0.25, -0.2) is 4.79 Å². The van der Waals surface area contributed by atoms with E-state index in [9.17, 15) is 9.59 Å². The van der Waals surface area contributed by atoms with Crippen molar-refractivity contribution in [2.45, 2.75) is 26.7 Å². The predicted molar refractivity (Wildman–Crippen MR) is 81.6 cm³/mol. The molecule has 114 valence electrons. The van der Waals surface area contributed by atoms with Crippen LogP contribution in [-0.4, -0.2) is 42.1 Å². The monoisotopic (exact) mass is 290 g/mol. The first kappa shape index (κ1) is 15.4. The SMILES string of the molecule is Cc1ccc(N(C)C(=O)N2CCCC(C(=O)O)C2)c(C)c1. The largest absolute Gasteiger partial charge is 0.481 e. The number of amides is 2.